The van der Waals surface area contributed by atoms with Gasteiger partial charge in [-0.1, -0.05) is 0 Å². The van der Waals surface area contributed by atoms with Gasteiger partial charge in [-0.3, -0.25) is 19.3 Å². The summed E-state index contributed by atoms with van der Waals surface area (Å²) in [4.78, 5) is 41.4. The maximum absolute atomic E-state index is 12.4. The molecular weight excluding hydrogens is 310 g/mol. The van der Waals surface area contributed by atoms with E-state index in [2.05, 4.69) is 10.3 Å². The van der Waals surface area contributed by atoms with E-state index in [1.165, 1.54) is 25.4 Å². The van der Waals surface area contributed by atoms with E-state index in [0.29, 0.717) is 23.4 Å². The van der Waals surface area contributed by atoms with Crippen molar-refractivity contribution in [2.45, 2.75) is 6.92 Å². The molecule has 0 spiro atoms. The van der Waals surface area contributed by atoms with Crippen LogP contribution in [0.15, 0.2) is 36.5 Å². The molecule has 2 heterocycles. The normalized spacial score (nSPS) is 13.0. The number of nitrogens with one attached hydrogen (secondary N) is 1. The second kappa shape index (κ2) is 6.11. The molecule has 2 aromatic rings. The van der Waals surface area contributed by atoms with Crippen LogP contribution in [0.5, 0.6) is 5.88 Å². The molecule has 1 aromatic heterocycles. The Bertz CT molecular complexity index is 847. The molecule has 0 atom stereocenters. The highest BCUT2D eigenvalue weighted by Crippen LogP contribution is 2.25. The third-order valence-corrected chi connectivity index (χ3v) is 3.64. The van der Waals surface area contributed by atoms with Crippen LogP contribution in [0.1, 0.15) is 38.0 Å². The monoisotopic (exact) mass is 325 g/mol. The maximum Gasteiger partial charge on any atom is 0.261 e. The summed E-state index contributed by atoms with van der Waals surface area (Å²) >= 11 is 0. The molecule has 0 aliphatic carbocycles. The molecule has 3 amide bonds. The molecule has 7 nitrogen and oxygen atoms in total. The van der Waals surface area contributed by atoms with Crippen LogP contribution >= 0.6 is 0 Å². The number of imide groups is 1. The highest BCUT2D eigenvalue weighted by Gasteiger charge is 2.32. The van der Waals surface area contributed by atoms with Crippen LogP contribution in [0.25, 0.3) is 0 Å². The summed E-state index contributed by atoms with van der Waals surface area (Å²) in [6, 6.07) is 7.84. The fourth-order valence-corrected chi connectivity index (χ4v) is 2.45. The summed E-state index contributed by atoms with van der Waals surface area (Å²) in [5.74, 6) is -0.900. The van der Waals surface area contributed by atoms with Crippen molar-refractivity contribution in [3.63, 3.8) is 0 Å². The first kappa shape index (κ1) is 15.7. The van der Waals surface area contributed by atoms with Crippen molar-refractivity contribution in [3.05, 3.63) is 53.2 Å². The lowest BCUT2D eigenvalue weighted by Crippen LogP contribution is -2.24. The number of ether oxygens (including phenoxy) is 1. The topological polar surface area (TPSA) is 88.6 Å². The van der Waals surface area contributed by atoms with Crippen molar-refractivity contribution < 1.29 is 19.1 Å². The minimum Gasteiger partial charge on any atom is -0.477 e. The van der Waals surface area contributed by atoms with E-state index in [-0.39, 0.29) is 23.3 Å². The highest BCUT2D eigenvalue weighted by molar-refractivity contribution is 6.21. The van der Waals surface area contributed by atoms with Crippen molar-refractivity contribution in [1.82, 2.24) is 9.88 Å². The average Bonchev–Trinajstić information content (AvgIpc) is 2.80. The molecule has 0 radical (unpaired) electrons. The number of fused-ring (bicyclic) bond motifs is 1. The standard InChI is InChI=1S/C17H15N3O4/c1-3-24-15-12(5-4-8-18-15)14(21)19-10-6-7-11-13(9-10)17(23)20(2)16(11)22/h4-9H,3H2,1-2H3,(H,19,21). The van der Waals surface area contributed by atoms with Crippen LogP contribution < -0.4 is 10.1 Å². The number of anilines is 1. The van der Waals surface area contributed by atoms with Crippen LogP contribution in [0.4, 0.5) is 5.69 Å². The highest BCUT2D eigenvalue weighted by atomic mass is 16.5. The van der Waals surface area contributed by atoms with Crippen molar-refractivity contribution in [2.24, 2.45) is 0 Å². The Labute approximate surface area is 138 Å². The number of amides is 3. The Kier molecular flexibility index (Phi) is 3.99. The Morgan fingerprint density at radius 3 is 2.71 bits per heavy atom. The summed E-state index contributed by atoms with van der Waals surface area (Å²) in [5, 5.41) is 2.70. The van der Waals surface area contributed by atoms with Gasteiger partial charge in [0.1, 0.15) is 5.56 Å². The molecule has 1 aromatic carbocycles. The van der Waals surface area contributed by atoms with Gasteiger partial charge in [-0.25, -0.2) is 4.98 Å². The Morgan fingerprint density at radius 2 is 1.96 bits per heavy atom. The number of carbonyl (C=O) groups is 3. The van der Waals surface area contributed by atoms with Gasteiger partial charge in [-0.15, -0.1) is 0 Å². The van der Waals surface area contributed by atoms with E-state index in [1.807, 2.05) is 0 Å². The van der Waals surface area contributed by atoms with Crippen LogP contribution in [0, 0.1) is 0 Å². The average molecular weight is 325 g/mol. The minimum atomic E-state index is -0.406. The molecular formula is C17H15N3O4. The molecule has 0 saturated heterocycles. The zero-order chi connectivity index (χ0) is 17.3. The lowest BCUT2D eigenvalue weighted by molar-refractivity contribution is 0.0692. The second-order valence-electron chi connectivity index (χ2n) is 5.17. The van der Waals surface area contributed by atoms with E-state index in [9.17, 15) is 14.4 Å². The molecule has 7 heteroatoms. The molecule has 1 N–H and O–H groups in total. The van der Waals surface area contributed by atoms with Gasteiger partial charge in [0.05, 0.1) is 17.7 Å². The summed E-state index contributed by atoms with van der Waals surface area (Å²) in [5.41, 5.74) is 1.31. The van der Waals surface area contributed by atoms with Gasteiger partial charge in [0.15, 0.2) is 0 Å². The number of rotatable bonds is 4. The number of nitrogens with zero attached hydrogens (tertiary/aromatic N) is 2. The summed E-state index contributed by atoms with van der Waals surface area (Å²) in [6.07, 6.45) is 1.54. The molecule has 3 rings (SSSR count). The van der Waals surface area contributed by atoms with Crippen LogP contribution in [-0.4, -0.2) is 41.3 Å². The van der Waals surface area contributed by atoms with Gasteiger partial charge in [0.25, 0.3) is 17.7 Å². The van der Waals surface area contributed by atoms with Gasteiger partial charge in [0.2, 0.25) is 5.88 Å². The zero-order valence-corrected chi connectivity index (χ0v) is 13.2. The smallest absolute Gasteiger partial charge is 0.261 e. The Morgan fingerprint density at radius 1 is 1.21 bits per heavy atom. The van der Waals surface area contributed by atoms with Crippen molar-refractivity contribution in [1.29, 1.82) is 0 Å². The van der Waals surface area contributed by atoms with E-state index in [0.717, 1.165) is 4.90 Å². The first-order valence-corrected chi connectivity index (χ1v) is 7.38. The van der Waals surface area contributed by atoms with E-state index in [4.69, 9.17) is 4.74 Å². The van der Waals surface area contributed by atoms with Gasteiger partial charge in [-0.2, -0.15) is 0 Å². The number of pyridine rings is 1. The fourth-order valence-electron chi connectivity index (χ4n) is 2.45. The lowest BCUT2D eigenvalue weighted by atomic mass is 10.1. The summed E-state index contributed by atoms with van der Waals surface area (Å²) in [7, 11) is 1.42. The van der Waals surface area contributed by atoms with Crippen LogP contribution in [-0.2, 0) is 0 Å². The third-order valence-electron chi connectivity index (χ3n) is 3.64. The predicted octanol–water partition coefficient (Wildman–Crippen LogP) is 1.96. The first-order chi connectivity index (χ1) is 11.5. The fraction of sp³-hybridized carbons (Fsp3) is 0.176. The summed E-state index contributed by atoms with van der Waals surface area (Å²) < 4.78 is 5.34. The molecule has 0 fully saturated rings. The largest absolute Gasteiger partial charge is 0.477 e. The predicted molar refractivity (Wildman–Crippen MR) is 86.2 cm³/mol. The van der Waals surface area contributed by atoms with Crippen molar-refractivity contribution >= 4 is 23.4 Å². The second-order valence-corrected chi connectivity index (χ2v) is 5.17. The summed E-state index contributed by atoms with van der Waals surface area (Å²) in [6.45, 7) is 2.19. The number of carbonyl (C=O) groups excluding carboxylic acids is 3. The first-order valence-electron chi connectivity index (χ1n) is 7.38. The van der Waals surface area contributed by atoms with Gasteiger partial charge >= 0.3 is 0 Å². The third kappa shape index (κ3) is 2.60. The Balaban J connectivity index is 1.87. The molecule has 0 unspecified atom stereocenters. The number of hydrogen-bond acceptors (Lipinski definition) is 5. The van der Waals surface area contributed by atoms with Crippen molar-refractivity contribution in [2.75, 3.05) is 19.0 Å². The number of hydrogen-bond donors (Lipinski definition) is 1. The molecule has 1 aliphatic rings. The zero-order valence-electron chi connectivity index (χ0n) is 13.2. The molecule has 0 bridgehead atoms. The van der Waals surface area contributed by atoms with Crippen LogP contribution in [0.2, 0.25) is 0 Å². The molecule has 24 heavy (non-hydrogen) atoms. The van der Waals surface area contributed by atoms with E-state index >= 15 is 0 Å². The quantitative estimate of drug-likeness (QED) is 0.868. The molecule has 1 aliphatic heterocycles. The van der Waals surface area contributed by atoms with Gasteiger partial charge < -0.3 is 10.1 Å². The minimum absolute atomic E-state index is 0.240. The lowest BCUT2D eigenvalue weighted by Gasteiger charge is -2.09. The SMILES string of the molecule is CCOc1ncccc1C(=O)Nc1ccc2c(c1)C(=O)N(C)C2=O. The number of aromatic nitrogens is 1. The maximum atomic E-state index is 12.4. The molecule has 122 valence electrons. The van der Waals surface area contributed by atoms with E-state index in [1.54, 1.807) is 25.1 Å². The van der Waals surface area contributed by atoms with Crippen LogP contribution in [0.3, 0.4) is 0 Å². The van der Waals surface area contributed by atoms with Gasteiger partial charge in [-0.05, 0) is 37.3 Å². The Hall–Kier alpha value is -3.22. The number of benzene rings is 1. The van der Waals surface area contributed by atoms with Crippen molar-refractivity contribution in [3.8, 4) is 5.88 Å². The van der Waals surface area contributed by atoms with Gasteiger partial charge in [0, 0.05) is 18.9 Å². The molecule has 0 saturated carbocycles. The van der Waals surface area contributed by atoms with E-state index < -0.39 is 5.91 Å².